The molecular weight excluding hydrogens is 281 g/mol. The van der Waals surface area contributed by atoms with Gasteiger partial charge in [0.15, 0.2) is 0 Å². The largest absolute Gasteiger partial charge is 0.192 e. The van der Waals surface area contributed by atoms with Crippen molar-refractivity contribution >= 4 is 35.2 Å². The summed E-state index contributed by atoms with van der Waals surface area (Å²) in [7, 11) is 0. The molecule has 1 nitrogen and oxygen atoms in total. The predicted octanol–water partition coefficient (Wildman–Crippen LogP) is 3.34. The Labute approximate surface area is 91.3 Å². The van der Waals surface area contributed by atoms with E-state index in [0.29, 0.717) is 9.49 Å². The first-order valence-corrected chi connectivity index (χ1v) is 5.21. The second kappa shape index (κ2) is 4.15. The van der Waals surface area contributed by atoms with E-state index in [-0.39, 0.29) is 0 Å². The van der Waals surface area contributed by atoms with Gasteiger partial charge in [0, 0.05) is 8.82 Å². The van der Waals surface area contributed by atoms with E-state index < -0.39 is 0 Å². The molecule has 0 amide bonds. The second-order valence-electron chi connectivity index (χ2n) is 2.50. The normalized spacial score (nSPS) is 12.2. The average Bonchev–Trinajstić information content (AvgIpc) is 2.03. The summed E-state index contributed by atoms with van der Waals surface area (Å²) >= 11 is 6.63. The third-order valence-electron chi connectivity index (χ3n) is 1.59. The van der Waals surface area contributed by atoms with Gasteiger partial charge in [-0.25, -0.2) is 0 Å². The maximum absolute atomic E-state index is 8.61. The highest BCUT2D eigenvalue weighted by atomic mass is 127. The number of hydrogen-bond acceptors (Lipinski definition) is 2. The minimum absolute atomic E-state index is 0.433. The van der Waals surface area contributed by atoms with E-state index in [0.717, 1.165) is 4.90 Å². The number of nitriles is 1. The van der Waals surface area contributed by atoms with Gasteiger partial charge in [-0.15, -0.1) is 12.6 Å². The molecule has 1 rings (SSSR count). The monoisotopic (exact) mass is 289 g/mol. The third-order valence-corrected chi connectivity index (χ3v) is 2.65. The zero-order chi connectivity index (χ0) is 9.14. The van der Waals surface area contributed by atoms with Crippen LogP contribution >= 0.6 is 35.2 Å². The lowest BCUT2D eigenvalue weighted by Gasteiger charge is -2.06. The Morgan fingerprint density at radius 3 is 2.67 bits per heavy atom. The summed E-state index contributed by atoms with van der Waals surface area (Å²) in [5.41, 5.74) is 1.85. The number of halogens is 1. The maximum Gasteiger partial charge on any atom is 0.0992 e. The highest BCUT2D eigenvalue weighted by Gasteiger charge is 2.04. The summed E-state index contributed by atoms with van der Waals surface area (Å²) < 4.78 is 0.433. The third kappa shape index (κ3) is 2.14. The van der Waals surface area contributed by atoms with Crippen LogP contribution in [0.25, 0.3) is 0 Å². The van der Waals surface area contributed by atoms with Gasteiger partial charge in [0.1, 0.15) is 0 Å². The first-order chi connectivity index (χ1) is 5.65. The molecule has 62 valence electrons. The lowest BCUT2D eigenvalue weighted by molar-refractivity contribution is 1.09. The van der Waals surface area contributed by atoms with Crippen LogP contribution in [-0.2, 0) is 0 Å². The van der Waals surface area contributed by atoms with Crippen molar-refractivity contribution in [2.45, 2.75) is 15.7 Å². The van der Waals surface area contributed by atoms with Crippen LogP contribution < -0.4 is 0 Å². The molecule has 0 N–H and O–H groups in total. The summed E-state index contributed by atoms with van der Waals surface area (Å²) in [5.74, 6) is 0. The molecule has 0 aliphatic carbocycles. The fourth-order valence-electron chi connectivity index (χ4n) is 0.950. The number of nitrogens with zero attached hydrogens (tertiary/aromatic N) is 1. The quantitative estimate of drug-likeness (QED) is 0.478. The van der Waals surface area contributed by atoms with Crippen LogP contribution in [0.2, 0.25) is 0 Å². The van der Waals surface area contributed by atoms with Gasteiger partial charge < -0.3 is 0 Å². The molecule has 1 aromatic carbocycles. The number of hydrogen-bond donors (Lipinski definition) is 1. The Balaban J connectivity index is 3.14. The smallest absolute Gasteiger partial charge is 0.0992 e. The first kappa shape index (κ1) is 9.87. The van der Waals surface area contributed by atoms with Gasteiger partial charge in [-0.05, 0) is 24.6 Å². The highest BCUT2D eigenvalue weighted by Crippen LogP contribution is 2.28. The molecule has 3 heteroatoms. The Morgan fingerprint density at radius 2 is 2.25 bits per heavy atom. The van der Waals surface area contributed by atoms with Gasteiger partial charge in [0.05, 0.1) is 11.6 Å². The van der Waals surface area contributed by atoms with E-state index in [1.165, 1.54) is 5.56 Å². The Kier molecular flexibility index (Phi) is 3.41. The predicted molar refractivity (Wildman–Crippen MR) is 60.8 cm³/mol. The minimum Gasteiger partial charge on any atom is -0.192 e. The minimum atomic E-state index is 0.433. The summed E-state index contributed by atoms with van der Waals surface area (Å²) in [6, 6.07) is 7.66. The van der Waals surface area contributed by atoms with Crippen molar-refractivity contribution < 1.29 is 0 Å². The van der Waals surface area contributed by atoms with Gasteiger partial charge in [0.2, 0.25) is 0 Å². The van der Waals surface area contributed by atoms with Crippen molar-refractivity contribution in [2.75, 3.05) is 0 Å². The van der Waals surface area contributed by atoms with Crippen LogP contribution in [0.15, 0.2) is 23.1 Å². The zero-order valence-electron chi connectivity index (χ0n) is 6.58. The molecule has 0 spiro atoms. The second-order valence-corrected chi connectivity index (χ2v) is 4.85. The fourth-order valence-corrected chi connectivity index (χ4v) is 2.15. The molecule has 0 aliphatic heterocycles. The van der Waals surface area contributed by atoms with Crippen molar-refractivity contribution in [2.24, 2.45) is 0 Å². The van der Waals surface area contributed by atoms with E-state index in [9.17, 15) is 0 Å². The molecule has 1 unspecified atom stereocenters. The van der Waals surface area contributed by atoms with Crippen molar-refractivity contribution in [3.8, 4) is 6.07 Å². The first-order valence-electron chi connectivity index (χ1n) is 3.52. The van der Waals surface area contributed by atoms with Crippen LogP contribution in [0.3, 0.4) is 0 Å². The molecule has 1 aromatic rings. The average molecular weight is 289 g/mol. The molecule has 0 saturated carbocycles. The van der Waals surface area contributed by atoms with Gasteiger partial charge in [-0.1, -0.05) is 28.7 Å². The molecule has 0 fully saturated rings. The van der Waals surface area contributed by atoms with Gasteiger partial charge in [0.25, 0.3) is 0 Å². The van der Waals surface area contributed by atoms with E-state index in [1.807, 2.05) is 12.1 Å². The van der Waals surface area contributed by atoms with Gasteiger partial charge in [-0.2, -0.15) is 5.26 Å². The van der Waals surface area contributed by atoms with E-state index >= 15 is 0 Å². The van der Waals surface area contributed by atoms with Crippen molar-refractivity contribution in [3.63, 3.8) is 0 Å². The van der Waals surface area contributed by atoms with Crippen molar-refractivity contribution in [1.82, 2.24) is 0 Å². The molecule has 12 heavy (non-hydrogen) atoms. The molecular formula is C9H8INS. The number of alkyl halides is 1. The summed E-state index contributed by atoms with van der Waals surface area (Å²) in [4.78, 5) is 0.899. The number of benzene rings is 1. The van der Waals surface area contributed by atoms with Crippen LogP contribution in [0.5, 0.6) is 0 Å². The maximum atomic E-state index is 8.61. The lowest BCUT2D eigenvalue weighted by Crippen LogP contribution is -1.86. The Morgan fingerprint density at radius 1 is 1.58 bits per heavy atom. The summed E-state index contributed by atoms with van der Waals surface area (Å²) in [6.07, 6.45) is 0. The standard InChI is InChI=1S/C9H8INS/c1-6(10)8-3-2-7(5-11)4-9(8)12/h2-4,6,12H,1H3. The Hall–Kier alpha value is -0.210. The SMILES string of the molecule is CC(I)c1ccc(C#N)cc1S. The molecule has 0 heterocycles. The summed E-state index contributed by atoms with van der Waals surface area (Å²) in [6.45, 7) is 2.10. The van der Waals surface area contributed by atoms with E-state index in [4.69, 9.17) is 5.26 Å². The zero-order valence-corrected chi connectivity index (χ0v) is 9.63. The molecule has 0 aromatic heterocycles. The molecule has 0 saturated heterocycles. The Bertz CT molecular complexity index is 328. The van der Waals surface area contributed by atoms with E-state index in [1.54, 1.807) is 6.07 Å². The number of rotatable bonds is 1. The lowest BCUT2D eigenvalue weighted by atomic mass is 10.1. The van der Waals surface area contributed by atoms with Crippen LogP contribution in [0.1, 0.15) is 22.0 Å². The summed E-state index contributed by atoms with van der Waals surface area (Å²) in [5, 5.41) is 8.61. The molecule has 1 atom stereocenters. The topological polar surface area (TPSA) is 23.8 Å². The van der Waals surface area contributed by atoms with Crippen LogP contribution in [0.4, 0.5) is 0 Å². The van der Waals surface area contributed by atoms with E-state index in [2.05, 4.69) is 48.2 Å². The fraction of sp³-hybridized carbons (Fsp3) is 0.222. The van der Waals surface area contributed by atoms with Crippen LogP contribution in [-0.4, -0.2) is 0 Å². The van der Waals surface area contributed by atoms with Crippen LogP contribution in [0, 0.1) is 11.3 Å². The highest BCUT2D eigenvalue weighted by molar-refractivity contribution is 14.1. The molecule has 0 radical (unpaired) electrons. The number of thiol groups is 1. The van der Waals surface area contributed by atoms with Crippen molar-refractivity contribution in [3.05, 3.63) is 29.3 Å². The molecule has 0 bridgehead atoms. The van der Waals surface area contributed by atoms with Gasteiger partial charge >= 0.3 is 0 Å². The van der Waals surface area contributed by atoms with Gasteiger partial charge in [-0.3, -0.25) is 0 Å². The van der Waals surface area contributed by atoms with Crippen molar-refractivity contribution in [1.29, 1.82) is 5.26 Å². The molecule has 0 aliphatic rings.